The molecule has 0 amide bonds. The summed E-state index contributed by atoms with van der Waals surface area (Å²) in [5.41, 5.74) is 1.88. The molecule has 3 rings (SSSR count). The number of para-hydroxylation sites is 1. The summed E-state index contributed by atoms with van der Waals surface area (Å²) in [7, 11) is 0. The molecule has 1 saturated heterocycles. The highest BCUT2D eigenvalue weighted by Crippen LogP contribution is 2.27. The summed E-state index contributed by atoms with van der Waals surface area (Å²) >= 11 is 0. The summed E-state index contributed by atoms with van der Waals surface area (Å²) in [4.78, 5) is 6.45. The van der Waals surface area contributed by atoms with Gasteiger partial charge in [0.25, 0.3) is 0 Å². The summed E-state index contributed by atoms with van der Waals surface area (Å²) in [6.45, 7) is 0.263. The van der Waals surface area contributed by atoms with Crippen LogP contribution in [0.3, 0.4) is 0 Å². The standard InChI is InChI=1S/C17H19F2N3O/c18-17(19)23-16-6-2-1-4-14(16)12-22-9-8-21-11-15(22)13-5-3-7-20-10-13/h1-7,10,15,17,21H,8-9,11-12H2. The van der Waals surface area contributed by atoms with E-state index in [1.807, 2.05) is 30.5 Å². The Balaban J connectivity index is 1.80. The number of alkyl halides is 2. The molecule has 1 fully saturated rings. The first kappa shape index (κ1) is 15.8. The zero-order chi connectivity index (χ0) is 16.1. The number of hydrogen-bond acceptors (Lipinski definition) is 4. The predicted molar refractivity (Wildman–Crippen MR) is 83.3 cm³/mol. The van der Waals surface area contributed by atoms with Gasteiger partial charge in [-0.05, 0) is 17.7 Å². The number of piperazine rings is 1. The Bertz CT molecular complexity index is 624. The van der Waals surface area contributed by atoms with Crippen LogP contribution in [-0.4, -0.2) is 36.1 Å². The van der Waals surface area contributed by atoms with Crippen molar-refractivity contribution < 1.29 is 13.5 Å². The van der Waals surface area contributed by atoms with Crippen molar-refractivity contribution in [3.8, 4) is 5.75 Å². The summed E-state index contributed by atoms with van der Waals surface area (Å²) < 4.78 is 29.8. The number of halogens is 2. The van der Waals surface area contributed by atoms with Gasteiger partial charge in [0.2, 0.25) is 0 Å². The molecule has 1 unspecified atom stereocenters. The summed E-state index contributed by atoms with van der Waals surface area (Å²) in [6, 6.07) is 11.1. The lowest BCUT2D eigenvalue weighted by Gasteiger charge is -2.36. The topological polar surface area (TPSA) is 37.4 Å². The van der Waals surface area contributed by atoms with Gasteiger partial charge < -0.3 is 10.1 Å². The van der Waals surface area contributed by atoms with Crippen molar-refractivity contribution >= 4 is 0 Å². The number of nitrogens with one attached hydrogen (secondary N) is 1. The van der Waals surface area contributed by atoms with E-state index in [9.17, 15) is 8.78 Å². The largest absolute Gasteiger partial charge is 0.434 e. The van der Waals surface area contributed by atoms with Crippen LogP contribution in [0, 0.1) is 0 Å². The molecule has 6 heteroatoms. The van der Waals surface area contributed by atoms with Gasteiger partial charge in [0.1, 0.15) is 5.75 Å². The molecule has 2 heterocycles. The third kappa shape index (κ3) is 4.03. The average molecular weight is 319 g/mol. The Kier molecular flexibility index (Phi) is 5.15. The monoisotopic (exact) mass is 319 g/mol. The van der Waals surface area contributed by atoms with E-state index < -0.39 is 6.61 Å². The van der Waals surface area contributed by atoms with Crippen molar-refractivity contribution in [2.24, 2.45) is 0 Å². The van der Waals surface area contributed by atoms with Crippen LogP contribution in [-0.2, 0) is 6.54 Å². The number of nitrogens with zero attached hydrogens (tertiary/aromatic N) is 2. The molecule has 1 aromatic heterocycles. The first-order chi connectivity index (χ1) is 11.2. The minimum Gasteiger partial charge on any atom is -0.434 e. The van der Waals surface area contributed by atoms with E-state index >= 15 is 0 Å². The fraction of sp³-hybridized carbons (Fsp3) is 0.353. The Morgan fingerprint density at radius 3 is 2.91 bits per heavy atom. The quantitative estimate of drug-likeness (QED) is 0.919. The molecule has 2 aromatic rings. The number of ether oxygens (including phenoxy) is 1. The van der Waals surface area contributed by atoms with Gasteiger partial charge in [0.15, 0.2) is 0 Å². The summed E-state index contributed by atoms with van der Waals surface area (Å²) in [6.07, 6.45) is 3.60. The average Bonchev–Trinajstić information content (AvgIpc) is 2.57. The molecule has 0 radical (unpaired) electrons. The van der Waals surface area contributed by atoms with E-state index in [1.54, 1.807) is 18.3 Å². The van der Waals surface area contributed by atoms with Gasteiger partial charge in [-0.25, -0.2) is 0 Å². The molecular weight excluding hydrogens is 300 g/mol. The smallest absolute Gasteiger partial charge is 0.387 e. The lowest BCUT2D eigenvalue weighted by Crippen LogP contribution is -2.45. The van der Waals surface area contributed by atoms with Gasteiger partial charge in [-0.15, -0.1) is 0 Å². The fourth-order valence-corrected chi connectivity index (χ4v) is 2.90. The maximum atomic E-state index is 12.6. The fourth-order valence-electron chi connectivity index (χ4n) is 2.90. The van der Waals surface area contributed by atoms with Crippen LogP contribution in [0.5, 0.6) is 5.75 Å². The number of pyridine rings is 1. The minimum absolute atomic E-state index is 0.164. The van der Waals surface area contributed by atoms with Crippen molar-refractivity contribution in [3.63, 3.8) is 0 Å². The molecule has 4 nitrogen and oxygen atoms in total. The van der Waals surface area contributed by atoms with Gasteiger partial charge >= 0.3 is 6.61 Å². The second-order valence-corrected chi connectivity index (χ2v) is 5.46. The maximum Gasteiger partial charge on any atom is 0.387 e. The third-order valence-electron chi connectivity index (χ3n) is 3.99. The lowest BCUT2D eigenvalue weighted by atomic mass is 10.0. The Morgan fingerprint density at radius 1 is 1.26 bits per heavy atom. The van der Waals surface area contributed by atoms with Crippen molar-refractivity contribution in [1.82, 2.24) is 15.2 Å². The van der Waals surface area contributed by atoms with Gasteiger partial charge in [-0.2, -0.15) is 8.78 Å². The van der Waals surface area contributed by atoms with Gasteiger partial charge in [-0.3, -0.25) is 9.88 Å². The molecule has 0 saturated carbocycles. The van der Waals surface area contributed by atoms with E-state index in [0.29, 0.717) is 6.54 Å². The van der Waals surface area contributed by atoms with Crippen LogP contribution in [0.4, 0.5) is 8.78 Å². The second-order valence-electron chi connectivity index (χ2n) is 5.46. The molecule has 0 bridgehead atoms. The molecule has 1 aromatic carbocycles. The maximum absolute atomic E-state index is 12.6. The van der Waals surface area contributed by atoms with Crippen LogP contribution in [0.2, 0.25) is 0 Å². The molecule has 1 N–H and O–H groups in total. The molecule has 0 aliphatic carbocycles. The summed E-state index contributed by atoms with van der Waals surface area (Å²) in [5.74, 6) is 0.242. The molecular formula is C17H19F2N3O. The molecule has 122 valence electrons. The predicted octanol–water partition coefficient (Wildman–Crippen LogP) is 2.83. The number of aromatic nitrogens is 1. The Hall–Kier alpha value is -2.05. The van der Waals surface area contributed by atoms with E-state index in [1.165, 1.54) is 0 Å². The van der Waals surface area contributed by atoms with Crippen LogP contribution in [0.25, 0.3) is 0 Å². The van der Waals surface area contributed by atoms with Gasteiger partial charge in [-0.1, -0.05) is 24.3 Å². The molecule has 1 atom stereocenters. The van der Waals surface area contributed by atoms with Crippen LogP contribution >= 0.6 is 0 Å². The van der Waals surface area contributed by atoms with Gasteiger partial charge in [0, 0.05) is 50.2 Å². The highest BCUT2D eigenvalue weighted by Gasteiger charge is 2.25. The van der Waals surface area contributed by atoms with E-state index in [4.69, 9.17) is 0 Å². The number of hydrogen-bond donors (Lipinski definition) is 1. The van der Waals surface area contributed by atoms with Crippen LogP contribution in [0.1, 0.15) is 17.2 Å². The summed E-state index contributed by atoms with van der Waals surface area (Å²) in [5, 5.41) is 3.38. The van der Waals surface area contributed by atoms with E-state index in [2.05, 4.69) is 19.9 Å². The number of benzene rings is 1. The zero-order valence-electron chi connectivity index (χ0n) is 12.7. The Labute approximate surface area is 134 Å². The third-order valence-corrected chi connectivity index (χ3v) is 3.99. The van der Waals surface area contributed by atoms with E-state index in [-0.39, 0.29) is 11.8 Å². The van der Waals surface area contributed by atoms with Crippen molar-refractivity contribution in [2.75, 3.05) is 19.6 Å². The van der Waals surface area contributed by atoms with Crippen molar-refractivity contribution in [3.05, 3.63) is 59.9 Å². The van der Waals surface area contributed by atoms with Crippen molar-refractivity contribution in [2.45, 2.75) is 19.2 Å². The van der Waals surface area contributed by atoms with E-state index in [0.717, 1.165) is 30.8 Å². The lowest BCUT2D eigenvalue weighted by molar-refractivity contribution is -0.0509. The normalized spacial score (nSPS) is 19.0. The zero-order valence-corrected chi connectivity index (χ0v) is 12.7. The SMILES string of the molecule is FC(F)Oc1ccccc1CN1CCNCC1c1cccnc1. The second kappa shape index (κ2) is 7.48. The Morgan fingerprint density at radius 2 is 2.13 bits per heavy atom. The van der Waals surface area contributed by atoms with Crippen LogP contribution in [0.15, 0.2) is 48.8 Å². The molecule has 23 heavy (non-hydrogen) atoms. The van der Waals surface area contributed by atoms with Crippen molar-refractivity contribution in [1.29, 1.82) is 0 Å². The highest BCUT2D eigenvalue weighted by molar-refractivity contribution is 5.33. The number of rotatable bonds is 5. The molecule has 1 aliphatic rings. The first-order valence-electron chi connectivity index (χ1n) is 7.61. The van der Waals surface area contributed by atoms with Crippen LogP contribution < -0.4 is 10.1 Å². The first-order valence-corrected chi connectivity index (χ1v) is 7.61. The highest BCUT2D eigenvalue weighted by atomic mass is 19.3. The minimum atomic E-state index is -2.81. The molecule has 0 spiro atoms. The van der Waals surface area contributed by atoms with Gasteiger partial charge in [0.05, 0.1) is 0 Å². The molecule has 1 aliphatic heterocycles.